The predicted octanol–water partition coefficient (Wildman–Crippen LogP) is 5.06. The minimum atomic E-state index is -1.11. The lowest BCUT2D eigenvalue weighted by Crippen LogP contribution is -2.14. The van der Waals surface area contributed by atoms with Gasteiger partial charge in [-0.1, -0.05) is 23.2 Å². The molecular weight excluding hydrogens is 381 g/mol. The van der Waals surface area contributed by atoms with Crippen LogP contribution >= 0.6 is 23.2 Å². The average molecular weight is 400 g/mol. The van der Waals surface area contributed by atoms with Crippen LogP contribution < -0.4 is 9.47 Å². The van der Waals surface area contributed by atoms with E-state index in [2.05, 4.69) is 0 Å². The van der Waals surface area contributed by atoms with E-state index in [1.165, 1.54) is 12.1 Å². The van der Waals surface area contributed by atoms with Crippen molar-refractivity contribution in [3.63, 3.8) is 0 Å². The van der Waals surface area contributed by atoms with Gasteiger partial charge in [0.2, 0.25) is 6.04 Å². The Bertz CT molecular complexity index is 797. The lowest BCUT2D eigenvalue weighted by Gasteiger charge is -2.15. The fourth-order valence-corrected chi connectivity index (χ4v) is 3.11. The summed E-state index contributed by atoms with van der Waals surface area (Å²) in [6.07, 6.45) is -0.0708. The van der Waals surface area contributed by atoms with Crippen LogP contribution in [-0.4, -0.2) is 23.2 Å². The van der Waals surface area contributed by atoms with Crippen molar-refractivity contribution in [2.75, 3.05) is 13.2 Å². The van der Waals surface area contributed by atoms with Crippen molar-refractivity contribution in [3.05, 3.63) is 61.6 Å². The van der Waals surface area contributed by atoms with Gasteiger partial charge in [-0.3, -0.25) is 10.1 Å². The highest BCUT2D eigenvalue weighted by molar-refractivity contribution is 6.35. The molecule has 0 aliphatic heterocycles. The van der Waals surface area contributed by atoms with Crippen LogP contribution in [0.3, 0.4) is 0 Å². The van der Waals surface area contributed by atoms with E-state index in [9.17, 15) is 15.2 Å². The van der Waals surface area contributed by atoms with Gasteiger partial charge in [0, 0.05) is 27.5 Å². The number of nitrogens with zero attached hydrogens (tertiary/aromatic N) is 1. The second kappa shape index (κ2) is 8.96. The van der Waals surface area contributed by atoms with Crippen LogP contribution in [0, 0.1) is 10.1 Å². The molecule has 0 saturated carbocycles. The average Bonchev–Trinajstić information content (AvgIpc) is 2.58. The number of nitro groups is 1. The minimum Gasteiger partial charge on any atom is -0.506 e. The molecule has 2 aromatic carbocycles. The molecule has 140 valence electrons. The zero-order chi connectivity index (χ0) is 19.3. The monoisotopic (exact) mass is 399 g/mol. The van der Waals surface area contributed by atoms with Crippen molar-refractivity contribution in [2.45, 2.75) is 26.3 Å². The third-order valence-electron chi connectivity index (χ3n) is 3.73. The van der Waals surface area contributed by atoms with E-state index in [1.807, 2.05) is 13.8 Å². The molecule has 2 aromatic rings. The standard InChI is InChI=1S/C18H19Cl2NO5/c1-3-25-16-6-5-11(9-17(16)26-4-2)15(21(23)24)8-12-7-13(19)10-14(20)18(12)22/h5-7,9-10,15,22H,3-4,8H2,1-2H3/t15-/m1/s1. The third kappa shape index (κ3) is 4.71. The molecule has 0 unspecified atom stereocenters. The van der Waals surface area contributed by atoms with Crippen LogP contribution in [0.15, 0.2) is 30.3 Å². The lowest BCUT2D eigenvalue weighted by molar-refractivity contribution is -0.528. The zero-order valence-corrected chi connectivity index (χ0v) is 15.9. The van der Waals surface area contributed by atoms with Crippen LogP contribution in [0.5, 0.6) is 17.2 Å². The van der Waals surface area contributed by atoms with Gasteiger partial charge in [0.05, 0.1) is 18.2 Å². The lowest BCUT2D eigenvalue weighted by atomic mass is 9.98. The summed E-state index contributed by atoms with van der Waals surface area (Å²) < 4.78 is 11.0. The highest BCUT2D eigenvalue weighted by atomic mass is 35.5. The number of phenolic OH excluding ortho intramolecular Hbond substituents is 1. The number of rotatable bonds is 8. The molecule has 1 N–H and O–H groups in total. The number of benzene rings is 2. The van der Waals surface area contributed by atoms with Gasteiger partial charge >= 0.3 is 0 Å². The van der Waals surface area contributed by atoms with Gasteiger partial charge < -0.3 is 14.6 Å². The summed E-state index contributed by atoms with van der Waals surface area (Å²) in [5, 5.41) is 22.1. The Hall–Kier alpha value is -2.18. The normalized spacial score (nSPS) is 11.8. The highest BCUT2D eigenvalue weighted by Gasteiger charge is 2.27. The predicted molar refractivity (Wildman–Crippen MR) is 100 cm³/mol. The molecule has 0 radical (unpaired) electrons. The summed E-state index contributed by atoms with van der Waals surface area (Å²) in [4.78, 5) is 11.2. The molecule has 0 spiro atoms. The molecule has 0 fully saturated rings. The van der Waals surface area contributed by atoms with E-state index in [1.54, 1.807) is 18.2 Å². The van der Waals surface area contributed by atoms with Gasteiger partial charge in [-0.2, -0.15) is 0 Å². The number of halogens is 2. The summed E-state index contributed by atoms with van der Waals surface area (Å²) >= 11 is 11.9. The molecule has 0 heterocycles. The van der Waals surface area contributed by atoms with E-state index in [0.717, 1.165) is 0 Å². The fourth-order valence-electron chi connectivity index (χ4n) is 2.57. The summed E-state index contributed by atoms with van der Waals surface area (Å²) in [6.45, 7) is 4.51. The van der Waals surface area contributed by atoms with Crippen LogP contribution in [-0.2, 0) is 6.42 Å². The molecule has 0 aromatic heterocycles. The Morgan fingerprint density at radius 2 is 1.77 bits per heavy atom. The summed E-state index contributed by atoms with van der Waals surface area (Å²) in [5.41, 5.74) is 0.730. The molecule has 6 nitrogen and oxygen atoms in total. The smallest absolute Gasteiger partial charge is 0.242 e. The second-order valence-corrected chi connectivity index (χ2v) is 6.32. The molecule has 8 heteroatoms. The summed E-state index contributed by atoms with van der Waals surface area (Å²) in [7, 11) is 0. The Morgan fingerprint density at radius 1 is 1.12 bits per heavy atom. The topological polar surface area (TPSA) is 81.8 Å². The summed E-state index contributed by atoms with van der Waals surface area (Å²) in [6, 6.07) is 6.59. The molecule has 0 amide bonds. The van der Waals surface area contributed by atoms with Crippen molar-refractivity contribution < 1.29 is 19.5 Å². The van der Waals surface area contributed by atoms with E-state index in [4.69, 9.17) is 32.7 Å². The first-order valence-corrected chi connectivity index (χ1v) is 8.82. The number of hydrogen-bond acceptors (Lipinski definition) is 5. The Balaban J connectivity index is 2.41. The molecular formula is C18H19Cl2NO5. The second-order valence-electron chi connectivity index (χ2n) is 5.47. The SMILES string of the molecule is CCOc1ccc([C@@H](Cc2cc(Cl)cc(Cl)c2O)[N+](=O)[O-])cc1OCC. The van der Waals surface area contributed by atoms with Gasteiger partial charge in [-0.05, 0) is 44.2 Å². The Labute approximate surface area is 161 Å². The highest BCUT2D eigenvalue weighted by Crippen LogP contribution is 2.37. The first kappa shape index (κ1) is 20.1. The van der Waals surface area contributed by atoms with Crippen LogP contribution in [0.25, 0.3) is 0 Å². The van der Waals surface area contributed by atoms with Crippen LogP contribution in [0.1, 0.15) is 31.0 Å². The van der Waals surface area contributed by atoms with Crippen molar-refractivity contribution in [1.82, 2.24) is 0 Å². The maximum Gasteiger partial charge on any atom is 0.242 e. The quantitative estimate of drug-likeness (QED) is 0.495. The number of hydrogen-bond donors (Lipinski definition) is 1. The van der Waals surface area contributed by atoms with Gasteiger partial charge in [0.15, 0.2) is 11.5 Å². The maximum absolute atomic E-state index is 11.7. The Kier molecular flexibility index (Phi) is 6.94. The van der Waals surface area contributed by atoms with E-state index < -0.39 is 11.0 Å². The molecule has 2 rings (SSSR count). The number of aromatic hydroxyl groups is 1. The summed E-state index contributed by atoms with van der Waals surface area (Å²) in [5.74, 6) is 0.750. The van der Waals surface area contributed by atoms with Gasteiger partial charge in [-0.15, -0.1) is 0 Å². The fraction of sp³-hybridized carbons (Fsp3) is 0.333. The molecule has 1 atom stereocenters. The molecule has 0 aliphatic rings. The first-order chi connectivity index (χ1) is 12.4. The number of ether oxygens (including phenoxy) is 2. The van der Waals surface area contributed by atoms with Crippen LogP contribution in [0.2, 0.25) is 10.0 Å². The van der Waals surface area contributed by atoms with Crippen LogP contribution in [0.4, 0.5) is 0 Å². The first-order valence-electron chi connectivity index (χ1n) is 8.07. The van der Waals surface area contributed by atoms with Gasteiger partial charge in [-0.25, -0.2) is 0 Å². The van der Waals surface area contributed by atoms with E-state index in [0.29, 0.717) is 40.9 Å². The largest absolute Gasteiger partial charge is 0.506 e. The van der Waals surface area contributed by atoms with Crippen molar-refractivity contribution in [1.29, 1.82) is 0 Å². The zero-order valence-electron chi connectivity index (χ0n) is 14.4. The van der Waals surface area contributed by atoms with Crippen molar-refractivity contribution in [3.8, 4) is 17.2 Å². The maximum atomic E-state index is 11.7. The van der Waals surface area contributed by atoms with Gasteiger partial charge in [0.1, 0.15) is 5.75 Å². The van der Waals surface area contributed by atoms with E-state index >= 15 is 0 Å². The minimum absolute atomic E-state index is 0.0521. The molecule has 0 saturated heterocycles. The molecule has 0 aliphatic carbocycles. The van der Waals surface area contributed by atoms with Crippen molar-refractivity contribution >= 4 is 23.2 Å². The Morgan fingerprint density at radius 3 is 2.38 bits per heavy atom. The molecule has 0 bridgehead atoms. The van der Waals surface area contributed by atoms with Gasteiger partial charge in [0.25, 0.3) is 0 Å². The number of phenols is 1. The molecule has 26 heavy (non-hydrogen) atoms. The third-order valence-corrected chi connectivity index (χ3v) is 4.23. The van der Waals surface area contributed by atoms with E-state index in [-0.39, 0.29) is 17.2 Å². The van der Waals surface area contributed by atoms with Crippen molar-refractivity contribution in [2.24, 2.45) is 0 Å².